The van der Waals surface area contributed by atoms with Crippen molar-refractivity contribution in [2.75, 3.05) is 12.4 Å². The van der Waals surface area contributed by atoms with Gasteiger partial charge in [0.2, 0.25) is 12.2 Å². The lowest BCUT2D eigenvalue weighted by Crippen LogP contribution is -2.42. The molecular weight excluding hydrogens is 422 g/mol. The largest absolute Gasteiger partial charge is 0.491 e. The standard InChI is InChI=1S/C18H20ClN3O6S/c1-2-29(24,25)28-17-5-6-22-16(27-17)9-14(21-22)18(23)20-13-8-11-7-12(19)3-4-15(11)26-10-13/h3-4,7,9,13,17H,2,5-6,8,10H2,1H3,(H,20,23). The zero-order chi connectivity index (χ0) is 20.6. The zero-order valence-corrected chi connectivity index (χ0v) is 17.2. The Morgan fingerprint density at radius 2 is 2.24 bits per heavy atom. The van der Waals surface area contributed by atoms with Crippen LogP contribution in [0.2, 0.25) is 5.02 Å². The third-order valence-electron chi connectivity index (χ3n) is 4.68. The highest BCUT2D eigenvalue weighted by atomic mass is 35.5. The second-order valence-electron chi connectivity index (χ2n) is 6.81. The van der Waals surface area contributed by atoms with Gasteiger partial charge < -0.3 is 14.8 Å². The molecule has 4 rings (SSSR count). The summed E-state index contributed by atoms with van der Waals surface area (Å²) in [7, 11) is -3.64. The van der Waals surface area contributed by atoms with E-state index in [1.807, 2.05) is 12.1 Å². The summed E-state index contributed by atoms with van der Waals surface area (Å²) in [5.74, 6) is 0.541. The highest BCUT2D eigenvalue weighted by molar-refractivity contribution is 7.86. The van der Waals surface area contributed by atoms with Crippen LogP contribution in [0.1, 0.15) is 29.4 Å². The van der Waals surface area contributed by atoms with Gasteiger partial charge in [-0.2, -0.15) is 13.5 Å². The van der Waals surface area contributed by atoms with Crippen molar-refractivity contribution in [1.29, 1.82) is 0 Å². The number of benzene rings is 1. The number of nitrogens with zero attached hydrogens (tertiary/aromatic N) is 2. The molecule has 1 amide bonds. The molecule has 2 aliphatic heterocycles. The number of hydrogen-bond acceptors (Lipinski definition) is 7. The molecule has 0 spiro atoms. The maximum absolute atomic E-state index is 12.6. The van der Waals surface area contributed by atoms with Crippen LogP contribution in [0.4, 0.5) is 0 Å². The summed E-state index contributed by atoms with van der Waals surface area (Å²) < 4.78 is 41.0. The van der Waals surface area contributed by atoms with Gasteiger partial charge in [0.05, 0.1) is 18.3 Å². The second-order valence-corrected chi connectivity index (χ2v) is 9.13. The molecule has 0 saturated carbocycles. The molecule has 2 aromatic rings. The minimum Gasteiger partial charge on any atom is -0.491 e. The van der Waals surface area contributed by atoms with Gasteiger partial charge in [-0.25, -0.2) is 8.86 Å². The Balaban J connectivity index is 1.40. The van der Waals surface area contributed by atoms with Crippen LogP contribution in [0.15, 0.2) is 24.3 Å². The molecule has 0 fully saturated rings. The molecule has 0 aliphatic carbocycles. The van der Waals surface area contributed by atoms with E-state index in [1.165, 1.54) is 17.7 Å². The number of carbonyl (C=O) groups excluding carboxylic acids is 1. The number of aromatic nitrogens is 2. The summed E-state index contributed by atoms with van der Waals surface area (Å²) >= 11 is 6.03. The van der Waals surface area contributed by atoms with Crippen molar-refractivity contribution in [2.45, 2.75) is 38.6 Å². The Kier molecular flexibility index (Phi) is 5.41. The van der Waals surface area contributed by atoms with E-state index in [-0.39, 0.29) is 29.3 Å². The first-order chi connectivity index (χ1) is 13.8. The Morgan fingerprint density at radius 3 is 3.03 bits per heavy atom. The van der Waals surface area contributed by atoms with E-state index in [0.29, 0.717) is 31.0 Å². The molecule has 0 radical (unpaired) electrons. The molecular formula is C18H20ClN3O6S. The molecule has 11 heteroatoms. The molecule has 1 aromatic carbocycles. The van der Waals surface area contributed by atoms with Gasteiger partial charge in [-0.3, -0.25) is 4.79 Å². The quantitative estimate of drug-likeness (QED) is 0.704. The van der Waals surface area contributed by atoms with Gasteiger partial charge in [0, 0.05) is 17.5 Å². The number of nitrogens with one attached hydrogen (secondary N) is 1. The van der Waals surface area contributed by atoms with Gasteiger partial charge in [-0.1, -0.05) is 11.6 Å². The fourth-order valence-corrected chi connectivity index (χ4v) is 3.99. The van der Waals surface area contributed by atoms with Crippen molar-refractivity contribution >= 4 is 27.6 Å². The highest BCUT2D eigenvalue weighted by Crippen LogP contribution is 2.28. The van der Waals surface area contributed by atoms with Crippen molar-refractivity contribution in [3.05, 3.63) is 40.5 Å². The van der Waals surface area contributed by atoms with Crippen LogP contribution in [0.3, 0.4) is 0 Å². The molecule has 3 heterocycles. The van der Waals surface area contributed by atoms with Crippen LogP contribution in [0.25, 0.3) is 0 Å². The molecule has 0 saturated heterocycles. The number of hydrogen-bond donors (Lipinski definition) is 1. The predicted molar refractivity (Wildman–Crippen MR) is 104 cm³/mol. The van der Waals surface area contributed by atoms with Crippen LogP contribution in [0.5, 0.6) is 11.6 Å². The number of aryl methyl sites for hydroxylation is 1. The first kappa shape index (κ1) is 20.0. The topological polar surface area (TPSA) is 109 Å². The van der Waals surface area contributed by atoms with Crippen molar-refractivity contribution in [3.63, 3.8) is 0 Å². The van der Waals surface area contributed by atoms with Gasteiger partial charge in [0.25, 0.3) is 16.0 Å². The van der Waals surface area contributed by atoms with E-state index < -0.39 is 16.4 Å². The van der Waals surface area contributed by atoms with E-state index in [4.69, 9.17) is 25.3 Å². The SMILES string of the molecule is CCS(=O)(=O)OC1CCn2nc(C(=O)NC3COc4ccc(Cl)cc4C3)cc2O1. The normalized spacial score (nSPS) is 20.8. The molecule has 0 bridgehead atoms. The van der Waals surface area contributed by atoms with Crippen LogP contribution < -0.4 is 14.8 Å². The summed E-state index contributed by atoms with van der Waals surface area (Å²) in [6.45, 7) is 2.21. The van der Waals surface area contributed by atoms with Crippen LogP contribution in [0, 0.1) is 0 Å². The smallest absolute Gasteiger partial charge is 0.272 e. The summed E-state index contributed by atoms with van der Waals surface area (Å²) in [5, 5.41) is 7.75. The number of carbonyl (C=O) groups is 1. The number of amides is 1. The lowest BCUT2D eigenvalue weighted by molar-refractivity contribution is -0.0234. The molecule has 2 atom stereocenters. The van der Waals surface area contributed by atoms with E-state index in [1.54, 1.807) is 6.07 Å². The van der Waals surface area contributed by atoms with Crippen LogP contribution in [-0.4, -0.2) is 48.8 Å². The number of halogens is 1. The maximum atomic E-state index is 12.6. The number of fused-ring (bicyclic) bond motifs is 2. The van der Waals surface area contributed by atoms with Crippen LogP contribution >= 0.6 is 11.6 Å². The third-order valence-corrected chi connectivity index (χ3v) is 6.13. The lowest BCUT2D eigenvalue weighted by Gasteiger charge is -2.25. The van der Waals surface area contributed by atoms with Gasteiger partial charge in [0.1, 0.15) is 12.4 Å². The average Bonchev–Trinajstić information content (AvgIpc) is 3.11. The minimum atomic E-state index is -3.64. The predicted octanol–water partition coefficient (Wildman–Crippen LogP) is 1.74. The van der Waals surface area contributed by atoms with Crippen molar-refractivity contribution in [1.82, 2.24) is 15.1 Å². The maximum Gasteiger partial charge on any atom is 0.272 e. The highest BCUT2D eigenvalue weighted by Gasteiger charge is 2.29. The molecule has 29 heavy (non-hydrogen) atoms. The van der Waals surface area contributed by atoms with Gasteiger partial charge in [-0.15, -0.1) is 0 Å². The summed E-state index contributed by atoms with van der Waals surface area (Å²) in [5.41, 5.74) is 1.11. The van der Waals surface area contributed by atoms with Crippen molar-refractivity contribution in [2.24, 2.45) is 0 Å². The minimum absolute atomic E-state index is 0.141. The molecule has 1 aromatic heterocycles. The summed E-state index contributed by atoms with van der Waals surface area (Å²) in [6, 6.07) is 6.64. The third kappa shape index (κ3) is 4.49. The molecule has 1 N–H and O–H groups in total. The van der Waals surface area contributed by atoms with Gasteiger partial charge >= 0.3 is 0 Å². The Hall–Kier alpha value is -2.30. The van der Waals surface area contributed by atoms with E-state index in [9.17, 15) is 13.2 Å². The van der Waals surface area contributed by atoms with Gasteiger partial charge in [-0.05, 0) is 37.1 Å². The summed E-state index contributed by atoms with van der Waals surface area (Å²) in [4.78, 5) is 12.6. The van der Waals surface area contributed by atoms with E-state index in [2.05, 4.69) is 10.4 Å². The van der Waals surface area contributed by atoms with Crippen molar-refractivity contribution < 1.29 is 26.9 Å². The fraction of sp³-hybridized carbons (Fsp3) is 0.444. The second kappa shape index (κ2) is 7.85. The molecule has 2 unspecified atom stereocenters. The Labute approximate surface area is 173 Å². The fourth-order valence-electron chi connectivity index (χ4n) is 3.20. The molecule has 156 valence electrons. The molecule has 9 nitrogen and oxygen atoms in total. The zero-order valence-electron chi connectivity index (χ0n) is 15.6. The first-order valence-corrected chi connectivity index (χ1v) is 11.2. The average molecular weight is 442 g/mol. The Bertz CT molecular complexity index is 1040. The molecule has 2 aliphatic rings. The summed E-state index contributed by atoms with van der Waals surface area (Å²) in [6.07, 6.45) is -0.0208. The number of rotatable bonds is 5. The van der Waals surface area contributed by atoms with E-state index >= 15 is 0 Å². The van der Waals surface area contributed by atoms with Crippen molar-refractivity contribution in [3.8, 4) is 11.6 Å². The van der Waals surface area contributed by atoms with Gasteiger partial charge in [0.15, 0.2) is 5.69 Å². The van der Waals surface area contributed by atoms with E-state index in [0.717, 1.165) is 11.3 Å². The number of ether oxygens (including phenoxy) is 2. The Morgan fingerprint density at radius 1 is 1.41 bits per heavy atom. The lowest BCUT2D eigenvalue weighted by atomic mass is 10.0. The first-order valence-electron chi connectivity index (χ1n) is 9.20. The monoisotopic (exact) mass is 441 g/mol. The van der Waals surface area contributed by atoms with Crippen LogP contribution in [-0.2, 0) is 27.3 Å².